The number of amides is 1. The number of carbonyl (C=O) groups excluding carboxylic acids is 1. The fourth-order valence-electron chi connectivity index (χ4n) is 0.742. The Labute approximate surface area is 84.2 Å². The van der Waals surface area contributed by atoms with Gasteiger partial charge in [-0.2, -0.15) is 5.06 Å². The zero-order valence-electron chi connectivity index (χ0n) is 9.15. The number of rotatable bonds is 3. The molecule has 0 spiro atoms. The molecule has 0 bridgehead atoms. The number of aliphatic hydroxyl groups excluding tert-OH is 1. The van der Waals surface area contributed by atoms with Crippen LogP contribution in [0, 0.1) is 5.92 Å². The first kappa shape index (κ1) is 13.2. The van der Waals surface area contributed by atoms with Gasteiger partial charge in [0.05, 0.1) is 6.54 Å². The Hall–Kier alpha value is -0.810. The molecule has 2 N–H and O–H groups in total. The molecule has 0 radical (unpaired) electrons. The van der Waals surface area contributed by atoms with Gasteiger partial charge < -0.3 is 9.84 Å². The normalized spacial score (nSPS) is 13.6. The number of hydroxylamine groups is 2. The summed E-state index contributed by atoms with van der Waals surface area (Å²) < 4.78 is 4.90. The molecule has 0 aromatic rings. The lowest BCUT2D eigenvalue weighted by Crippen LogP contribution is -2.37. The summed E-state index contributed by atoms with van der Waals surface area (Å²) >= 11 is 0. The molecule has 84 valence electrons. The number of aliphatic hydroxyl groups is 1. The van der Waals surface area contributed by atoms with Gasteiger partial charge in [-0.25, -0.2) is 4.79 Å². The standard InChI is InChI=1S/C9H19NO4/c1-7(6-11)5-10(13)8(12)14-9(2,3)4/h7,11,13H,5-6H2,1-4H3. The van der Waals surface area contributed by atoms with Gasteiger partial charge in [0.25, 0.3) is 0 Å². The lowest BCUT2D eigenvalue weighted by atomic mass is 10.2. The molecule has 0 fully saturated rings. The summed E-state index contributed by atoms with van der Waals surface area (Å²) in [5.41, 5.74) is -0.624. The molecule has 0 aliphatic rings. The van der Waals surface area contributed by atoms with Crippen molar-refractivity contribution in [3.63, 3.8) is 0 Å². The fraction of sp³-hybridized carbons (Fsp3) is 0.889. The Morgan fingerprint density at radius 1 is 1.50 bits per heavy atom. The summed E-state index contributed by atoms with van der Waals surface area (Å²) in [6.45, 7) is 6.84. The van der Waals surface area contributed by atoms with Gasteiger partial charge >= 0.3 is 6.09 Å². The Balaban J connectivity index is 4.00. The van der Waals surface area contributed by atoms with E-state index in [0.29, 0.717) is 5.06 Å². The summed E-state index contributed by atoms with van der Waals surface area (Å²) in [6, 6.07) is 0. The quantitative estimate of drug-likeness (QED) is 0.537. The van der Waals surface area contributed by atoms with E-state index in [1.807, 2.05) is 0 Å². The van der Waals surface area contributed by atoms with E-state index in [1.165, 1.54) is 0 Å². The van der Waals surface area contributed by atoms with E-state index in [4.69, 9.17) is 9.84 Å². The van der Waals surface area contributed by atoms with Gasteiger partial charge in [-0.05, 0) is 26.7 Å². The maximum absolute atomic E-state index is 11.2. The van der Waals surface area contributed by atoms with E-state index < -0.39 is 11.7 Å². The van der Waals surface area contributed by atoms with Crippen LogP contribution in [0.3, 0.4) is 0 Å². The van der Waals surface area contributed by atoms with Crippen molar-refractivity contribution in [1.29, 1.82) is 0 Å². The number of ether oxygens (including phenoxy) is 1. The van der Waals surface area contributed by atoms with Gasteiger partial charge in [-0.3, -0.25) is 5.21 Å². The van der Waals surface area contributed by atoms with E-state index in [0.717, 1.165) is 0 Å². The molecule has 0 aromatic carbocycles. The first-order valence-electron chi connectivity index (χ1n) is 4.56. The predicted molar refractivity (Wildman–Crippen MR) is 51.0 cm³/mol. The third-order valence-electron chi connectivity index (χ3n) is 1.40. The van der Waals surface area contributed by atoms with Crippen molar-refractivity contribution in [2.75, 3.05) is 13.2 Å². The Kier molecular flexibility index (Phi) is 4.87. The molecule has 1 unspecified atom stereocenters. The van der Waals surface area contributed by atoms with Crippen molar-refractivity contribution >= 4 is 6.09 Å². The average Bonchev–Trinajstić information content (AvgIpc) is 2.00. The predicted octanol–water partition coefficient (Wildman–Crippen LogP) is 1.24. The molecule has 0 saturated carbocycles. The van der Waals surface area contributed by atoms with Crippen molar-refractivity contribution < 1.29 is 19.8 Å². The van der Waals surface area contributed by atoms with Crippen LogP contribution in [-0.2, 0) is 4.74 Å². The molecule has 0 saturated heterocycles. The molecule has 1 amide bonds. The van der Waals surface area contributed by atoms with Crippen molar-refractivity contribution in [3.8, 4) is 0 Å². The zero-order valence-corrected chi connectivity index (χ0v) is 9.15. The van der Waals surface area contributed by atoms with Crippen molar-refractivity contribution in [2.45, 2.75) is 33.3 Å². The molecule has 14 heavy (non-hydrogen) atoms. The number of nitrogens with zero attached hydrogens (tertiary/aromatic N) is 1. The van der Waals surface area contributed by atoms with Crippen LogP contribution in [0.5, 0.6) is 0 Å². The number of hydrogen-bond acceptors (Lipinski definition) is 4. The van der Waals surface area contributed by atoms with Crippen LogP contribution in [-0.4, -0.2) is 40.2 Å². The summed E-state index contributed by atoms with van der Waals surface area (Å²) in [5, 5.41) is 18.4. The molecule has 0 aliphatic heterocycles. The maximum atomic E-state index is 11.2. The molecule has 0 aliphatic carbocycles. The lowest BCUT2D eigenvalue weighted by molar-refractivity contribution is -0.102. The Morgan fingerprint density at radius 3 is 2.36 bits per heavy atom. The summed E-state index contributed by atoms with van der Waals surface area (Å²) in [6.07, 6.45) is -0.794. The highest BCUT2D eigenvalue weighted by atomic mass is 16.6. The second-order valence-electron chi connectivity index (χ2n) is 4.35. The fourth-order valence-corrected chi connectivity index (χ4v) is 0.742. The first-order chi connectivity index (χ1) is 6.26. The second-order valence-corrected chi connectivity index (χ2v) is 4.35. The number of carbonyl (C=O) groups is 1. The third-order valence-corrected chi connectivity index (χ3v) is 1.40. The highest BCUT2D eigenvalue weighted by molar-refractivity contribution is 5.66. The van der Waals surface area contributed by atoms with E-state index in [1.54, 1.807) is 27.7 Å². The number of hydrogen-bond donors (Lipinski definition) is 2. The average molecular weight is 205 g/mol. The van der Waals surface area contributed by atoms with E-state index >= 15 is 0 Å². The van der Waals surface area contributed by atoms with Crippen LogP contribution in [0.4, 0.5) is 4.79 Å². The molecular formula is C9H19NO4. The summed E-state index contributed by atoms with van der Waals surface area (Å²) in [7, 11) is 0. The van der Waals surface area contributed by atoms with Crippen LogP contribution in [0.25, 0.3) is 0 Å². The molecule has 0 aromatic heterocycles. The van der Waals surface area contributed by atoms with Crippen LogP contribution >= 0.6 is 0 Å². The van der Waals surface area contributed by atoms with E-state index in [2.05, 4.69) is 0 Å². The zero-order chi connectivity index (χ0) is 11.4. The Morgan fingerprint density at radius 2 is 2.00 bits per heavy atom. The molecule has 5 nitrogen and oxygen atoms in total. The van der Waals surface area contributed by atoms with Gasteiger partial charge in [-0.15, -0.1) is 0 Å². The van der Waals surface area contributed by atoms with E-state index in [9.17, 15) is 10.0 Å². The summed E-state index contributed by atoms with van der Waals surface area (Å²) in [5.74, 6) is -0.174. The second kappa shape index (κ2) is 5.17. The first-order valence-corrected chi connectivity index (χ1v) is 4.56. The largest absolute Gasteiger partial charge is 0.442 e. The minimum atomic E-state index is -0.794. The molecule has 5 heteroatoms. The van der Waals surface area contributed by atoms with Gasteiger partial charge in [0, 0.05) is 6.61 Å². The van der Waals surface area contributed by atoms with Crippen LogP contribution < -0.4 is 0 Å². The SMILES string of the molecule is CC(CO)CN(O)C(=O)OC(C)(C)C. The maximum Gasteiger partial charge on any atom is 0.434 e. The third kappa shape index (κ3) is 5.77. The van der Waals surface area contributed by atoms with Crippen LogP contribution in [0.15, 0.2) is 0 Å². The van der Waals surface area contributed by atoms with Crippen LogP contribution in [0.2, 0.25) is 0 Å². The topological polar surface area (TPSA) is 70.0 Å². The van der Waals surface area contributed by atoms with E-state index in [-0.39, 0.29) is 19.1 Å². The minimum absolute atomic E-state index is 0.0609. The van der Waals surface area contributed by atoms with Gasteiger partial charge in [0.2, 0.25) is 0 Å². The van der Waals surface area contributed by atoms with Crippen molar-refractivity contribution in [2.24, 2.45) is 5.92 Å². The molecule has 0 heterocycles. The monoisotopic (exact) mass is 205 g/mol. The molecular weight excluding hydrogens is 186 g/mol. The molecule has 0 rings (SSSR count). The van der Waals surface area contributed by atoms with Crippen LogP contribution in [0.1, 0.15) is 27.7 Å². The van der Waals surface area contributed by atoms with Gasteiger partial charge in [0.15, 0.2) is 0 Å². The van der Waals surface area contributed by atoms with Crippen molar-refractivity contribution in [1.82, 2.24) is 5.06 Å². The lowest BCUT2D eigenvalue weighted by Gasteiger charge is -2.24. The minimum Gasteiger partial charge on any atom is -0.442 e. The van der Waals surface area contributed by atoms with Gasteiger partial charge in [0.1, 0.15) is 5.60 Å². The molecule has 1 atom stereocenters. The highest BCUT2D eigenvalue weighted by Gasteiger charge is 2.21. The Bertz CT molecular complexity index is 188. The summed E-state index contributed by atoms with van der Waals surface area (Å²) in [4.78, 5) is 11.2. The van der Waals surface area contributed by atoms with Gasteiger partial charge in [-0.1, -0.05) is 6.92 Å². The highest BCUT2D eigenvalue weighted by Crippen LogP contribution is 2.09. The smallest absolute Gasteiger partial charge is 0.434 e. The van der Waals surface area contributed by atoms with Crippen molar-refractivity contribution in [3.05, 3.63) is 0 Å².